The zero-order chi connectivity index (χ0) is 16.9. The molecular formula is C18H17N3O3. The number of carbonyl (C=O) groups is 1. The Morgan fingerprint density at radius 1 is 1.17 bits per heavy atom. The lowest BCUT2D eigenvalue weighted by Gasteiger charge is -2.16. The Bertz CT molecular complexity index is 995. The number of pyridine rings is 1. The first-order valence-electron chi connectivity index (χ1n) is 7.80. The average Bonchev–Trinajstić information content (AvgIpc) is 3.37. The molecule has 1 aromatic carbocycles. The van der Waals surface area contributed by atoms with Gasteiger partial charge in [-0.2, -0.15) is 5.10 Å². The zero-order valence-electron chi connectivity index (χ0n) is 13.5. The van der Waals surface area contributed by atoms with Crippen molar-refractivity contribution in [2.45, 2.75) is 18.3 Å². The highest BCUT2D eigenvalue weighted by atomic mass is 16.5. The molecule has 0 amide bonds. The molecule has 3 aromatic rings. The van der Waals surface area contributed by atoms with Crippen molar-refractivity contribution in [3.8, 4) is 0 Å². The van der Waals surface area contributed by atoms with Gasteiger partial charge >= 0.3 is 11.7 Å². The Labute approximate surface area is 138 Å². The second kappa shape index (κ2) is 5.06. The number of methoxy groups -OCH3 is 1. The first-order valence-corrected chi connectivity index (χ1v) is 7.80. The van der Waals surface area contributed by atoms with Gasteiger partial charge in [-0.1, -0.05) is 12.1 Å². The SMILES string of the molecule is COC(=O)c1ccc(C2(c3ccn4c(=O)n(C)nc4c3)CC2)cc1. The summed E-state index contributed by atoms with van der Waals surface area (Å²) in [5.74, 6) is -0.333. The van der Waals surface area contributed by atoms with Crippen molar-refractivity contribution >= 4 is 11.6 Å². The summed E-state index contributed by atoms with van der Waals surface area (Å²) in [7, 11) is 3.02. The zero-order valence-corrected chi connectivity index (χ0v) is 13.5. The van der Waals surface area contributed by atoms with Gasteiger partial charge in [0.15, 0.2) is 5.65 Å². The van der Waals surface area contributed by atoms with Crippen LogP contribution in [0.1, 0.15) is 34.3 Å². The van der Waals surface area contributed by atoms with Crippen LogP contribution in [0.5, 0.6) is 0 Å². The Balaban J connectivity index is 1.75. The van der Waals surface area contributed by atoms with Crippen LogP contribution in [0.25, 0.3) is 5.65 Å². The van der Waals surface area contributed by atoms with Crippen LogP contribution < -0.4 is 5.69 Å². The van der Waals surface area contributed by atoms with Crippen LogP contribution in [-0.4, -0.2) is 27.3 Å². The molecule has 6 heteroatoms. The molecule has 1 saturated carbocycles. The van der Waals surface area contributed by atoms with Gasteiger partial charge in [-0.05, 0) is 48.2 Å². The van der Waals surface area contributed by atoms with Crippen molar-refractivity contribution in [3.63, 3.8) is 0 Å². The van der Waals surface area contributed by atoms with E-state index < -0.39 is 0 Å². The van der Waals surface area contributed by atoms with E-state index in [2.05, 4.69) is 5.10 Å². The van der Waals surface area contributed by atoms with Crippen molar-refractivity contribution < 1.29 is 9.53 Å². The Morgan fingerprint density at radius 2 is 1.88 bits per heavy atom. The van der Waals surface area contributed by atoms with Gasteiger partial charge in [0.25, 0.3) is 0 Å². The Morgan fingerprint density at radius 3 is 2.50 bits per heavy atom. The van der Waals surface area contributed by atoms with Gasteiger partial charge in [0.1, 0.15) is 0 Å². The minimum Gasteiger partial charge on any atom is -0.465 e. The molecule has 4 rings (SSSR count). The number of aryl methyl sites for hydroxylation is 1. The molecular weight excluding hydrogens is 306 g/mol. The topological polar surface area (TPSA) is 65.6 Å². The average molecular weight is 323 g/mol. The normalized spacial score (nSPS) is 15.4. The quantitative estimate of drug-likeness (QED) is 0.691. The number of benzene rings is 1. The van der Waals surface area contributed by atoms with E-state index in [0.717, 1.165) is 24.0 Å². The third kappa shape index (κ3) is 2.06. The van der Waals surface area contributed by atoms with Crippen LogP contribution in [0.3, 0.4) is 0 Å². The van der Waals surface area contributed by atoms with E-state index >= 15 is 0 Å². The third-order valence-electron chi connectivity index (χ3n) is 4.83. The number of fused-ring (bicyclic) bond motifs is 1. The molecule has 0 unspecified atom stereocenters. The van der Waals surface area contributed by atoms with E-state index in [1.165, 1.54) is 11.8 Å². The minimum absolute atomic E-state index is 0.0516. The summed E-state index contributed by atoms with van der Waals surface area (Å²) in [6.07, 6.45) is 3.86. The largest absolute Gasteiger partial charge is 0.465 e. The number of nitrogens with zero attached hydrogens (tertiary/aromatic N) is 3. The molecule has 0 N–H and O–H groups in total. The molecule has 24 heavy (non-hydrogen) atoms. The highest BCUT2D eigenvalue weighted by molar-refractivity contribution is 5.89. The summed E-state index contributed by atoms with van der Waals surface area (Å²) < 4.78 is 7.62. The lowest BCUT2D eigenvalue weighted by atomic mass is 9.88. The predicted molar refractivity (Wildman–Crippen MR) is 88.2 cm³/mol. The summed E-state index contributed by atoms with van der Waals surface area (Å²) in [5.41, 5.74) is 3.30. The maximum absolute atomic E-state index is 11.9. The molecule has 6 nitrogen and oxygen atoms in total. The number of aromatic nitrogens is 3. The second-order valence-corrected chi connectivity index (χ2v) is 6.20. The molecule has 1 aliphatic carbocycles. The molecule has 0 radical (unpaired) electrons. The van der Waals surface area contributed by atoms with Gasteiger partial charge in [-0.3, -0.25) is 4.40 Å². The van der Waals surface area contributed by atoms with E-state index in [0.29, 0.717) is 11.2 Å². The van der Waals surface area contributed by atoms with Crippen LogP contribution in [0.4, 0.5) is 0 Å². The molecule has 0 bridgehead atoms. The molecule has 2 heterocycles. The molecule has 0 saturated heterocycles. The summed E-state index contributed by atoms with van der Waals surface area (Å²) in [6.45, 7) is 0. The number of hydrogen-bond acceptors (Lipinski definition) is 4. The van der Waals surface area contributed by atoms with Gasteiger partial charge in [0.05, 0.1) is 12.7 Å². The third-order valence-corrected chi connectivity index (χ3v) is 4.83. The van der Waals surface area contributed by atoms with Crippen molar-refractivity contribution in [2.75, 3.05) is 7.11 Å². The molecule has 122 valence electrons. The fourth-order valence-electron chi connectivity index (χ4n) is 3.29. The van der Waals surface area contributed by atoms with Gasteiger partial charge in [0.2, 0.25) is 0 Å². The van der Waals surface area contributed by atoms with Crippen molar-refractivity contribution in [3.05, 3.63) is 69.8 Å². The minimum atomic E-state index is -0.333. The van der Waals surface area contributed by atoms with E-state index in [1.807, 2.05) is 24.3 Å². The van der Waals surface area contributed by atoms with E-state index in [9.17, 15) is 9.59 Å². The highest BCUT2D eigenvalue weighted by Gasteiger charge is 2.46. The van der Waals surface area contributed by atoms with Gasteiger partial charge < -0.3 is 4.74 Å². The summed E-state index contributed by atoms with van der Waals surface area (Å²) in [4.78, 5) is 23.5. The van der Waals surface area contributed by atoms with Crippen molar-refractivity contribution in [1.29, 1.82) is 0 Å². The first kappa shape index (κ1) is 14.7. The fraction of sp³-hybridized carbons (Fsp3) is 0.278. The van der Waals surface area contributed by atoms with Gasteiger partial charge in [-0.25, -0.2) is 14.3 Å². The fourth-order valence-corrected chi connectivity index (χ4v) is 3.29. The number of hydrogen-bond donors (Lipinski definition) is 0. The van der Waals surface area contributed by atoms with E-state index in [1.54, 1.807) is 29.8 Å². The highest BCUT2D eigenvalue weighted by Crippen LogP contribution is 2.53. The Kier molecular flexibility index (Phi) is 3.09. The van der Waals surface area contributed by atoms with Crippen LogP contribution in [0, 0.1) is 0 Å². The van der Waals surface area contributed by atoms with Crippen molar-refractivity contribution in [2.24, 2.45) is 7.05 Å². The summed E-state index contributed by atoms with van der Waals surface area (Å²) in [6, 6.07) is 11.5. The van der Waals surface area contributed by atoms with Crippen molar-refractivity contribution in [1.82, 2.24) is 14.2 Å². The lowest BCUT2D eigenvalue weighted by molar-refractivity contribution is 0.0600. The molecule has 1 aliphatic rings. The van der Waals surface area contributed by atoms with Crippen LogP contribution >= 0.6 is 0 Å². The summed E-state index contributed by atoms with van der Waals surface area (Å²) >= 11 is 0. The predicted octanol–water partition coefficient (Wildman–Crippen LogP) is 1.90. The molecule has 0 spiro atoms. The number of esters is 1. The van der Waals surface area contributed by atoms with Crippen LogP contribution in [0.15, 0.2) is 47.4 Å². The molecule has 2 aromatic heterocycles. The maximum atomic E-state index is 11.9. The number of ether oxygens (including phenoxy) is 1. The van der Waals surface area contributed by atoms with E-state index in [4.69, 9.17) is 4.74 Å². The molecule has 0 aliphatic heterocycles. The molecule has 1 fully saturated rings. The first-order chi connectivity index (χ1) is 11.5. The Hall–Kier alpha value is -2.89. The number of carbonyl (C=O) groups excluding carboxylic acids is 1. The summed E-state index contributed by atoms with van der Waals surface area (Å²) in [5, 5.41) is 4.26. The van der Waals surface area contributed by atoms with E-state index in [-0.39, 0.29) is 17.1 Å². The van der Waals surface area contributed by atoms with Gasteiger partial charge in [0, 0.05) is 18.7 Å². The lowest BCUT2D eigenvalue weighted by Crippen LogP contribution is -2.17. The molecule has 0 atom stereocenters. The van der Waals surface area contributed by atoms with Crippen LogP contribution in [0.2, 0.25) is 0 Å². The van der Waals surface area contributed by atoms with Crippen LogP contribution in [-0.2, 0) is 17.2 Å². The standard InChI is InChI=1S/C18H17N3O3/c1-20-17(23)21-10-7-14(11-15(21)19-20)18(8-9-18)13-5-3-12(4-6-13)16(22)24-2/h3-7,10-11H,8-9H2,1-2H3. The monoisotopic (exact) mass is 323 g/mol. The number of rotatable bonds is 3. The smallest absolute Gasteiger partial charge is 0.350 e. The maximum Gasteiger partial charge on any atom is 0.350 e. The second-order valence-electron chi connectivity index (χ2n) is 6.20. The van der Waals surface area contributed by atoms with Gasteiger partial charge in [-0.15, -0.1) is 0 Å².